The van der Waals surface area contributed by atoms with Crippen molar-refractivity contribution in [3.63, 3.8) is 0 Å². The maximum Gasteiger partial charge on any atom is 0.335 e. The quantitative estimate of drug-likeness (QED) is 0.459. The molecular formula is C23H26N4O4S. The lowest BCUT2D eigenvalue weighted by Gasteiger charge is -2.15. The van der Waals surface area contributed by atoms with Gasteiger partial charge in [-0.1, -0.05) is 35.5 Å². The van der Waals surface area contributed by atoms with Gasteiger partial charge in [-0.15, -0.1) is 10.2 Å². The van der Waals surface area contributed by atoms with Gasteiger partial charge in [0.15, 0.2) is 11.0 Å². The lowest BCUT2D eigenvalue weighted by molar-refractivity contribution is -0.113. The van der Waals surface area contributed by atoms with Gasteiger partial charge < -0.3 is 19.7 Å². The molecule has 32 heavy (non-hydrogen) atoms. The molecule has 168 valence electrons. The van der Waals surface area contributed by atoms with Gasteiger partial charge in [0.2, 0.25) is 5.91 Å². The van der Waals surface area contributed by atoms with Gasteiger partial charge in [-0.25, -0.2) is 4.79 Å². The van der Waals surface area contributed by atoms with E-state index < -0.39 is 5.97 Å². The van der Waals surface area contributed by atoms with Gasteiger partial charge in [-0.3, -0.25) is 4.79 Å². The molecule has 0 atom stereocenters. The predicted molar refractivity (Wildman–Crippen MR) is 123 cm³/mol. The summed E-state index contributed by atoms with van der Waals surface area (Å²) in [7, 11) is 0. The molecule has 3 rings (SSSR count). The normalized spacial score (nSPS) is 10.9. The molecule has 1 heterocycles. The van der Waals surface area contributed by atoms with Crippen LogP contribution in [0.2, 0.25) is 0 Å². The number of thioether (sulfide) groups is 1. The number of amides is 1. The molecule has 1 amide bonds. The molecule has 2 N–H and O–H groups in total. The minimum absolute atomic E-state index is 0.0838. The minimum atomic E-state index is -1.05. The van der Waals surface area contributed by atoms with Gasteiger partial charge in [-0.05, 0) is 57.5 Å². The van der Waals surface area contributed by atoms with Crippen LogP contribution in [0.5, 0.6) is 5.75 Å². The van der Waals surface area contributed by atoms with Gasteiger partial charge in [0.05, 0.1) is 11.3 Å². The molecule has 0 aliphatic carbocycles. The van der Waals surface area contributed by atoms with Gasteiger partial charge >= 0.3 is 5.97 Å². The average Bonchev–Trinajstić information content (AvgIpc) is 3.15. The molecule has 0 saturated heterocycles. The van der Waals surface area contributed by atoms with Crippen molar-refractivity contribution in [1.29, 1.82) is 0 Å². The topological polar surface area (TPSA) is 106 Å². The fraction of sp³-hybridized carbons (Fsp3) is 0.304. The number of aryl methyl sites for hydroxylation is 2. The number of benzene rings is 2. The van der Waals surface area contributed by atoms with Crippen molar-refractivity contribution in [2.75, 3.05) is 11.1 Å². The second-order valence-corrected chi connectivity index (χ2v) is 8.59. The Bertz CT molecular complexity index is 1130. The summed E-state index contributed by atoms with van der Waals surface area (Å²) in [5, 5.41) is 20.9. The molecule has 1 aromatic heterocycles. The summed E-state index contributed by atoms with van der Waals surface area (Å²) in [6.07, 6.45) is 0. The van der Waals surface area contributed by atoms with Crippen molar-refractivity contribution in [2.24, 2.45) is 0 Å². The van der Waals surface area contributed by atoms with Crippen molar-refractivity contribution in [3.8, 4) is 5.75 Å². The molecule has 0 fully saturated rings. The molecule has 0 saturated carbocycles. The van der Waals surface area contributed by atoms with Crippen molar-refractivity contribution in [2.45, 2.75) is 45.5 Å². The Labute approximate surface area is 191 Å². The number of nitrogens with one attached hydrogen (secondary N) is 1. The van der Waals surface area contributed by atoms with Crippen LogP contribution in [0, 0.1) is 13.8 Å². The number of carbonyl (C=O) groups excluding carboxylic acids is 1. The van der Waals surface area contributed by atoms with Gasteiger partial charge in [0, 0.05) is 11.7 Å². The lowest BCUT2D eigenvalue weighted by Crippen LogP contribution is -2.16. The molecule has 3 aromatic rings. The Kier molecular flexibility index (Phi) is 7.53. The highest BCUT2D eigenvalue weighted by Gasteiger charge is 2.17. The van der Waals surface area contributed by atoms with E-state index in [0.717, 1.165) is 11.3 Å². The van der Waals surface area contributed by atoms with E-state index >= 15 is 0 Å². The number of hydrogen-bond acceptors (Lipinski definition) is 6. The van der Waals surface area contributed by atoms with E-state index in [0.29, 0.717) is 16.7 Å². The fourth-order valence-corrected chi connectivity index (χ4v) is 4.07. The number of hydrogen-bond donors (Lipinski definition) is 2. The van der Waals surface area contributed by atoms with Crippen LogP contribution in [0.1, 0.15) is 47.2 Å². The van der Waals surface area contributed by atoms with E-state index in [9.17, 15) is 9.59 Å². The second kappa shape index (κ2) is 10.3. The van der Waals surface area contributed by atoms with Gasteiger partial charge in [-0.2, -0.15) is 0 Å². The first-order valence-electron chi connectivity index (χ1n) is 10.1. The molecule has 2 aromatic carbocycles. The number of anilines is 1. The molecular weight excluding hydrogens is 428 g/mol. The summed E-state index contributed by atoms with van der Waals surface area (Å²) < 4.78 is 7.91. The Hall–Kier alpha value is -3.33. The van der Waals surface area contributed by atoms with Crippen LogP contribution in [-0.2, 0) is 11.4 Å². The standard InChI is InChI=1S/C23H26N4O4S/c1-14(2)27-20(12-31-19-9-8-15(3)10-16(19)4)25-26-23(27)32-13-21(28)24-18-7-5-6-17(11-18)22(29)30/h5-11,14H,12-13H2,1-4H3,(H,24,28)(H,29,30). The Morgan fingerprint density at radius 3 is 2.62 bits per heavy atom. The Morgan fingerprint density at radius 1 is 1.16 bits per heavy atom. The van der Waals surface area contributed by atoms with Crippen LogP contribution < -0.4 is 10.1 Å². The summed E-state index contributed by atoms with van der Waals surface area (Å²) in [6.45, 7) is 8.34. The third kappa shape index (κ3) is 5.88. The highest BCUT2D eigenvalue weighted by Crippen LogP contribution is 2.24. The molecule has 9 heteroatoms. The molecule has 0 bridgehead atoms. The Morgan fingerprint density at radius 2 is 1.94 bits per heavy atom. The average molecular weight is 455 g/mol. The number of carboxylic acids is 1. The number of ether oxygens (including phenoxy) is 1. The molecule has 0 radical (unpaired) electrons. The zero-order valence-corrected chi connectivity index (χ0v) is 19.3. The summed E-state index contributed by atoms with van der Waals surface area (Å²) in [5.74, 6) is 0.281. The first kappa shape index (κ1) is 23.3. The zero-order valence-electron chi connectivity index (χ0n) is 18.5. The number of aromatic carboxylic acids is 1. The highest BCUT2D eigenvalue weighted by molar-refractivity contribution is 7.99. The number of rotatable bonds is 9. The third-order valence-electron chi connectivity index (χ3n) is 4.66. The lowest BCUT2D eigenvalue weighted by atomic mass is 10.1. The van der Waals surface area contributed by atoms with E-state index in [4.69, 9.17) is 9.84 Å². The number of carboxylic acid groups (broad SMARTS) is 1. The largest absolute Gasteiger partial charge is 0.485 e. The molecule has 0 unspecified atom stereocenters. The van der Waals surface area contributed by atoms with E-state index in [1.165, 1.54) is 29.5 Å². The van der Waals surface area contributed by atoms with Crippen LogP contribution in [0.15, 0.2) is 47.6 Å². The smallest absolute Gasteiger partial charge is 0.335 e. The first-order chi connectivity index (χ1) is 15.2. The molecule has 0 aliphatic heterocycles. The number of carbonyl (C=O) groups is 2. The maximum absolute atomic E-state index is 12.4. The maximum atomic E-state index is 12.4. The van der Waals surface area contributed by atoms with Crippen molar-refractivity contribution in [3.05, 3.63) is 65.0 Å². The number of aromatic nitrogens is 3. The predicted octanol–water partition coefficient (Wildman–Crippen LogP) is 4.48. The van der Waals surface area contributed by atoms with E-state index in [2.05, 4.69) is 21.6 Å². The fourth-order valence-electron chi connectivity index (χ4n) is 3.18. The van der Waals surface area contributed by atoms with E-state index in [1.807, 2.05) is 44.4 Å². The van der Waals surface area contributed by atoms with Crippen LogP contribution in [0.25, 0.3) is 0 Å². The van der Waals surface area contributed by atoms with Gasteiger partial charge in [0.25, 0.3) is 0 Å². The summed E-state index contributed by atoms with van der Waals surface area (Å²) in [5.41, 5.74) is 2.78. The van der Waals surface area contributed by atoms with Gasteiger partial charge in [0.1, 0.15) is 12.4 Å². The molecule has 8 nitrogen and oxygen atoms in total. The second-order valence-electron chi connectivity index (χ2n) is 7.64. The van der Waals surface area contributed by atoms with Crippen LogP contribution in [0.3, 0.4) is 0 Å². The van der Waals surface area contributed by atoms with Crippen LogP contribution in [-0.4, -0.2) is 37.5 Å². The van der Waals surface area contributed by atoms with Crippen molar-refractivity contribution < 1.29 is 19.4 Å². The third-order valence-corrected chi connectivity index (χ3v) is 5.61. The summed E-state index contributed by atoms with van der Waals surface area (Å²) in [6, 6.07) is 12.2. The van der Waals surface area contributed by atoms with Crippen molar-refractivity contribution >= 4 is 29.3 Å². The monoisotopic (exact) mass is 454 g/mol. The number of nitrogens with zero attached hydrogens (tertiary/aromatic N) is 3. The van der Waals surface area contributed by atoms with Crippen molar-refractivity contribution in [1.82, 2.24) is 14.8 Å². The summed E-state index contributed by atoms with van der Waals surface area (Å²) in [4.78, 5) is 23.5. The van der Waals surface area contributed by atoms with E-state index in [-0.39, 0.29) is 29.9 Å². The SMILES string of the molecule is Cc1ccc(OCc2nnc(SCC(=O)Nc3cccc(C(=O)O)c3)n2C(C)C)c(C)c1. The molecule has 0 spiro atoms. The van der Waals surface area contributed by atoms with Crippen LogP contribution >= 0.6 is 11.8 Å². The summed E-state index contributed by atoms with van der Waals surface area (Å²) >= 11 is 1.27. The van der Waals surface area contributed by atoms with Crippen LogP contribution in [0.4, 0.5) is 5.69 Å². The molecule has 0 aliphatic rings. The Balaban J connectivity index is 1.64. The minimum Gasteiger partial charge on any atom is -0.485 e. The zero-order chi connectivity index (χ0) is 23.3. The first-order valence-corrected chi connectivity index (χ1v) is 11.1. The highest BCUT2D eigenvalue weighted by atomic mass is 32.2. The van der Waals surface area contributed by atoms with E-state index in [1.54, 1.807) is 12.1 Å².